The topological polar surface area (TPSA) is 61.3 Å². The molecule has 0 heterocycles. The fourth-order valence-electron chi connectivity index (χ4n) is 1.72. The third kappa shape index (κ3) is 1.87. The van der Waals surface area contributed by atoms with E-state index in [4.69, 9.17) is 0 Å². The zero-order valence-electron chi connectivity index (χ0n) is 9.99. The number of halogens is 5. The molecule has 0 fully saturated rings. The van der Waals surface area contributed by atoms with Crippen LogP contribution in [0, 0.1) is 0 Å². The van der Waals surface area contributed by atoms with Gasteiger partial charge in [-0.25, -0.2) is 8.78 Å². The van der Waals surface area contributed by atoms with Gasteiger partial charge in [0.15, 0.2) is 0 Å². The molecule has 0 aliphatic heterocycles. The Morgan fingerprint density at radius 2 is 1.40 bits per heavy atom. The van der Waals surface area contributed by atoms with Crippen molar-refractivity contribution in [2.45, 2.75) is 23.4 Å². The number of hydrogen-bond donors (Lipinski definition) is 2. The van der Waals surface area contributed by atoms with Crippen LogP contribution < -0.4 is 16.2 Å². The average Bonchev–Trinajstić information content (AvgIpc) is 2.36. The molecule has 1 aliphatic rings. The monoisotopic (exact) mass is 294 g/mol. The number of alkyl halides is 5. The van der Waals surface area contributed by atoms with Crippen LogP contribution in [-0.2, 0) is 0 Å². The van der Waals surface area contributed by atoms with Crippen LogP contribution in [0.15, 0.2) is 42.5 Å². The molecule has 20 heavy (non-hydrogen) atoms. The van der Waals surface area contributed by atoms with Crippen molar-refractivity contribution in [3.05, 3.63) is 42.5 Å². The SMILES string of the molecule is NC1(F)C=CC(F)(Oc2ccccc2)C(N)(F)C1(F)F. The fraction of sp³-hybridized carbons (Fsp3) is 0.333. The van der Waals surface area contributed by atoms with Crippen LogP contribution in [0.3, 0.4) is 0 Å². The van der Waals surface area contributed by atoms with Crippen molar-refractivity contribution in [3.8, 4) is 5.75 Å². The van der Waals surface area contributed by atoms with E-state index in [1.165, 1.54) is 24.3 Å². The van der Waals surface area contributed by atoms with E-state index < -0.39 is 23.4 Å². The molecule has 0 bridgehead atoms. The van der Waals surface area contributed by atoms with E-state index in [1.807, 2.05) is 0 Å². The lowest BCUT2D eigenvalue weighted by molar-refractivity contribution is -0.287. The number of nitrogens with two attached hydrogens (primary N) is 2. The summed E-state index contributed by atoms with van der Waals surface area (Å²) in [4.78, 5) is 0. The molecule has 110 valence electrons. The zero-order chi connectivity index (χ0) is 15.2. The fourth-order valence-corrected chi connectivity index (χ4v) is 1.72. The summed E-state index contributed by atoms with van der Waals surface area (Å²) in [6.45, 7) is 0. The van der Waals surface area contributed by atoms with Gasteiger partial charge in [-0.05, 0) is 24.3 Å². The van der Waals surface area contributed by atoms with Gasteiger partial charge in [-0.2, -0.15) is 13.2 Å². The van der Waals surface area contributed by atoms with Gasteiger partial charge in [0, 0.05) is 0 Å². The Bertz CT molecular complexity index is 532. The second kappa shape index (κ2) is 4.16. The first-order valence-corrected chi connectivity index (χ1v) is 5.50. The van der Waals surface area contributed by atoms with E-state index in [0.717, 1.165) is 0 Å². The highest BCUT2D eigenvalue weighted by Gasteiger charge is 2.77. The van der Waals surface area contributed by atoms with Gasteiger partial charge in [0.2, 0.25) is 5.79 Å². The lowest BCUT2D eigenvalue weighted by Gasteiger charge is -2.45. The Labute approximate surface area is 111 Å². The van der Waals surface area contributed by atoms with Crippen molar-refractivity contribution < 1.29 is 26.7 Å². The third-order valence-electron chi connectivity index (χ3n) is 2.98. The van der Waals surface area contributed by atoms with Gasteiger partial charge in [-0.1, -0.05) is 18.2 Å². The summed E-state index contributed by atoms with van der Waals surface area (Å²) < 4.78 is 73.5. The number of hydrogen-bond acceptors (Lipinski definition) is 3. The molecule has 3 atom stereocenters. The zero-order valence-corrected chi connectivity index (χ0v) is 9.99. The predicted octanol–water partition coefficient (Wildman–Crippen LogP) is 2.19. The average molecular weight is 294 g/mol. The maximum atomic E-state index is 14.4. The molecule has 0 amide bonds. The maximum Gasteiger partial charge on any atom is 0.351 e. The second-order valence-electron chi connectivity index (χ2n) is 4.45. The minimum Gasteiger partial charge on any atom is -0.450 e. The number of rotatable bonds is 2. The van der Waals surface area contributed by atoms with E-state index in [-0.39, 0.29) is 17.9 Å². The summed E-state index contributed by atoms with van der Waals surface area (Å²) in [6, 6.07) is 6.75. The van der Waals surface area contributed by atoms with E-state index in [2.05, 4.69) is 16.2 Å². The molecule has 0 saturated carbocycles. The van der Waals surface area contributed by atoms with Crippen LogP contribution in [0.1, 0.15) is 0 Å². The largest absolute Gasteiger partial charge is 0.450 e. The summed E-state index contributed by atoms with van der Waals surface area (Å²) in [5, 5.41) is 0. The lowest BCUT2D eigenvalue weighted by Crippen LogP contribution is -2.76. The van der Waals surface area contributed by atoms with Crippen LogP contribution in [0.4, 0.5) is 22.0 Å². The van der Waals surface area contributed by atoms with Crippen molar-refractivity contribution in [1.82, 2.24) is 0 Å². The summed E-state index contributed by atoms with van der Waals surface area (Å²) in [6.07, 6.45) is 0.0953. The Morgan fingerprint density at radius 1 is 0.850 bits per heavy atom. The molecule has 3 nitrogen and oxygen atoms in total. The molecule has 0 radical (unpaired) electrons. The number of ether oxygens (including phenoxy) is 1. The van der Waals surface area contributed by atoms with Crippen molar-refractivity contribution in [2.24, 2.45) is 11.5 Å². The standard InChI is InChI=1S/C12H11F5N2O/c13-9(18)6-7-10(14,12(17,19)11(9,15)16)20-8-4-2-1-3-5-8/h1-7H,18-19H2. The quantitative estimate of drug-likeness (QED) is 0.499. The third-order valence-corrected chi connectivity index (χ3v) is 2.98. The van der Waals surface area contributed by atoms with E-state index >= 15 is 0 Å². The van der Waals surface area contributed by atoms with Crippen molar-refractivity contribution in [1.29, 1.82) is 0 Å². The van der Waals surface area contributed by atoms with Crippen molar-refractivity contribution in [3.63, 3.8) is 0 Å². The van der Waals surface area contributed by atoms with Gasteiger partial charge in [-0.3, -0.25) is 11.5 Å². The smallest absolute Gasteiger partial charge is 0.351 e. The molecule has 2 rings (SSSR count). The molecule has 0 saturated heterocycles. The molecule has 0 spiro atoms. The van der Waals surface area contributed by atoms with Crippen LogP contribution >= 0.6 is 0 Å². The highest BCUT2D eigenvalue weighted by Crippen LogP contribution is 2.50. The second-order valence-corrected chi connectivity index (χ2v) is 4.45. The summed E-state index contributed by atoms with van der Waals surface area (Å²) in [5.74, 6) is -17.5. The minimum absolute atomic E-state index is 0.0133. The van der Waals surface area contributed by atoms with Gasteiger partial charge in [-0.15, -0.1) is 0 Å². The van der Waals surface area contributed by atoms with E-state index in [0.29, 0.717) is 0 Å². The molecule has 1 aromatic carbocycles. The van der Waals surface area contributed by atoms with Crippen LogP contribution in [0.5, 0.6) is 5.75 Å². The summed E-state index contributed by atoms with van der Waals surface area (Å²) in [5.41, 5.74) is 9.27. The highest BCUT2D eigenvalue weighted by atomic mass is 19.3. The van der Waals surface area contributed by atoms with Gasteiger partial charge in [0.25, 0.3) is 0 Å². The van der Waals surface area contributed by atoms with Gasteiger partial charge in [0.1, 0.15) is 5.75 Å². The number of para-hydroxylation sites is 1. The summed E-state index contributed by atoms with van der Waals surface area (Å²) in [7, 11) is 0. The molecular formula is C12H11F5N2O. The van der Waals surface area contributed by atoms with Crippen LogP contribution in [0.25, 0.3) is 0 Å². The number of benzene rings is 1. The maximum absolute atomic E-state index is 14.4. The molecule has 1 aliphatic carbocycles. The Kier molecular flexibility index (Phi) is 3.06. The van der Waals surface area contributed by atoms with Crippen LogP contribution in [-0.4, -0.2) is 23.4 Å². The predicted molar refractivity (Wildman–Crippen MR) is 61.0 cm³/mol. The first-order valence-electron chi connectivity index (χ1n) is 5.50. The normalized spacial score (nSPS) is 39.5. The Hall–Kier alpha value is -1.67. The molecule has 0 aromatic heterocycles. The van der Waals surface area contributed by atoms with E-state index in [1.54, 1.807) is 6.07 Å². The Balaban J connectivity index is 2.46. The summed E-state index contributed by atoms with van der Waals surface area (Å²) >= 11 is 0. The van der Waals surface area contributed by atoms with Crippen molar-refractivity contribution in [2.75, 3.05) is 0 Å². The molecular weight excluding hydrogens is 283 g/mol. The highest BCUT2D eigenvalue weighted by molar-refractivity contribution is 5.30. The van der Waals surface area contributed by atoms with Crippen molar-refractivity contribution >= 4 is 0 Å². The molecule has 3 unspecified atom stereocenters. The minimum atomic E-state index is -5.03. The first kappa shape index (κ1) is 14.7. The van der Waals surface area contributed by atoms with Gasteiger partial charge >= 0.3 is 17.6 Å². The Morgan fingerprint density at radius 3 is 1.95 bits per heavy atom. The molecule has 4 N–H and O–H groups in total. The van der Waals surface area contributed by atoms with Gasteiger partial charge in [0.05, 0.1) is 0 Å². The first-order chi connectivity index (χ1) is 9.04. The van der Waals surface area contributed by atoms with E-state index in [9.17, 15) is 22.0 Å². The lowest BCUT2D eigenvalue weighted by atomic mass is 9.85. The van der Waals surface area contributed by atoms with Gasteiger partial charge < -0.3 is 4.74 Å². The van der Waals surface area contributed by atoms with Crippen LogP contribution in [0.2, 0.25) is 0 Å². The molecule has 1 aromatic rings. The molecule has 8 heteroatoms.